The van der Waals surface area contributed by atoms with E-state index in [9.17, 15) is 0 Å². The molecule has 0 saturated heterocycles. The van der Waals surface area contributed by atoms with E-state index in [-0.39, 0.29) is 0 Å². The van der Waals surface area contributed by atoms with Crippen LogP contribution in [0.15, 0.2) is 23.6 Å². The van der Waals surface area contributed by atoms with E-state index in [1.54, 1.807) is 18.4 Å². The first-order valence-electron chi connectivity index (χ1n) is 8.61. The van der Waals surface area contributed by atoms with Crippen LogP contribution in [0.3, 0.4) is 0 Å². The molecule has 132 valence electrons. The zero-order valence-corrected chi connectivity index (χ0v) is 16.5. The van der Waals surface area contributed by atoms with E-state index in [4.69, 9.17) is 14.7 Å². The Morgan fingerprint density at radius 2 is 1.84 bits per heavy atom. The molecule has 25 heavy (non-hydrogen) atoms. The number of fused-ring (bicyclic) bond motifs is 1. The Morgan fingerprint density at radius 3 is 2.48 bits per heavy atom. The summed E-state index contributed by atoms with van der Waals surface area (Å²) in [6, 6.07) is 6.67. The van der Waals surface area contributed by atoms with Gasteiger partial charge in [0.15, 0.2) is 5.13 Å². The summed E-state index contributed by atoms with van der Waals surface area (Å²) >= 11 is 1.62. The van der Waals surface area contributed by atoms with Crippen LogP contribution in [0.4, 0.5) is 5.13 Å². The average molecular weight is 356 g/mol. The van der Waals surface area contributed by atoms with Gasteiger partial charge in [0, 0.05) is 22.4 Å². The predicted molar refractivity (Wildman–Crippen MR) is 107 cm³/mol. The summed E-state index contributed by atoms with van der Waals surface area (Å²) in [5.74, 6) is 1.27. The van der Waals surface area contributed by atoms with Gasteiger partial charge in [-0.2, -0.15) is 0 Å². The molecule has 0 atom stereocenters. The molecule has 2 heterocycles. The minimum Gasteiger partial charge on any atom is -0.496 e. The number of anilines is 1. The van der Waals surface area contributed by atoms with Gasteiger partial charge in [-0.15, -0.1) is 11.3 Å². The van der Waals surface area contributed by atoms with Crippen molar-refractivity contribution in [3.8, 4) is 17.1 Å². The molecule has 1 N–H and O–H groups in total. The summed E-state index contributed by atoms with van der Waals surface area (Å²) < 4.78 is 5.48. The Hall–Kier alpha value is -2.14. The highest BCUT2D eigenvalue weighted by Gasteiger charge is 2.15. The van der Waals surface area contributed by atoms with Crippen molar-refractivity contribution in [1.82, 2.24) is 9.97 Å². The molecule has 0 spiro atoms. The molecular formula is C20H25N3OS. The maximum atomic E-state index is 5.48. The normalized spacial score (nSPS) is 11.5. The number of thiazole rings is 1. The lowest BCUT2D eigenvalue weighted by molar-refractivity contribution is 0.412. The van der Waals surface area contributed by atoms with Crippen LogP contribution in [0.5, 0.6) is 5.75 Å². The van der Waals surface area contributed by atoms with Gasteiger partial charge in [0.05, 0.1) is 18.3 Å². The fourth-order valence-corrected chi connectivity index (χ4v) is 3.82. The Balaban J connectivity index is 2.18. The molecule has 0 aliphatic carbocycles. The van der Waals surface area contributed by atoms with E-state index < -0.39 is 0 Å². The van der Waals surface area contributed by atoms with Crippen LogP contribution >= 0.6 is 11.3 Å². The minimum atomic E-state index is 0.362. The van der Waals surface area contributed by atoms with Crippen molar-refractivity contribution in [2.75, 3.05) is 12.4 Å². The van der Waals surface area contributed by atoms with Gasteiger partial charge in [0.1, 0.15) is 11.4 Å². The summed E-state index contributed by atoms with van der Waals surface area (Å²) in [6.45, 7) is 10.7. The Kier molecular flexibility index (Phi) is 4.95. The van der Waals surface area contributed by atoms with Crippen LogP contribution in [-0.4, -0.2) is 23.1 Å². The standard InChI is InChI=1S/C20H25N3OS/c1-11(2)15-9-16(17-10-25-20(23-17)21-12(3)4)22-19-13(5)18(24-6)8-7-14(15)19/h7-12H,1-6H3,(H,21,23). The van der Waals surface area contributed by atoms with Gasteiger partial charge in [0.25, 0.3) is 0 Å². The predicted octanol–water partition coefficient (Wildman–Crippen LogP) is 5.62. The number of methoxy groups -OCH3 is 1. The molecule has 0 unspecified atom stereocenters. The van der Waals surface area contributed by atoms with Crippen LogP contribution in [-0.2, 0) is 0 Å². The zero-order chi connectivity index (χ0) is 18.1. The lowest BCUT2D eigenvalue weighted by atomic mass is 9.95. The highest BCUT2D eigenvalue weighted by atomic mass is 32.1. The number of aromatic nitrogens is 2. The van der Waals surface area contributed by atoms with Gasteiger partial charge in [-0.1, -0.05) is 13.8 Å². The molecule has 0 radical (unpaired) electrons. The molecule has 0 bridgehead atoms. The van der Waals surface area contributed by atoms with Crippen molar-refractivity contribution in [3.05, 3.63) is 34.7 Å². The molecule has 0 saturated carbocycles. The van der Waals surface area contributed by atoms with Gasteiger partial charge in [0.2, 0.25) is 0 Å². The second-order valence-corrected chi connectivity index (χ2v) is 7.74. The topological polar surface area (TPSA) is 47.0 Å². The summed E-state index contributed by atoms with van der Waals surface area (Å²) in [5.41, 5.74) is 5.18. The van der Waals surface area contributed by atoms with E-state index in [2.05, 4.69) is 57.4 Å². The van der Waals surface area contributed by atoms with E-state index in [0.717, 1.165) is 33.3 Å². The summed E-state index contributed by atoms with van der Waals surface area (Å²) in [7, 11) is 1.70. The van der Waals surface area contributed by atoms with Crippen molar-refractivity contribution < 1.29 is 4.74 Å². The molecule has 3 rings (SSSR count). The highest BCUT2D eigenvalue weighted by Crippen LogP contribution is 2.34. The number of pyridine rings is 1. The first-order chi connectivity index (χ1) is 11.9. The van der Waals surface area contributed by atoms with Crippen LogP contribution in [0.1, 0.15) is 44.7 Å². The highest BCUT2D eigenvalue weighted by molar-refractivity contribution is 7.14. The van der Waals surface area contributed by atoms with Crippen LogP contribution in [0, 0.1) is 6.92 Å². The number of aryl methyl sites for hydroxylation is 1. The molecule has 2 aromatic heterocycles. The molecule has 1 aromatic carbocycles. The number of nitrogens with one attached hydrogen (secondary N) is 1. The van der Waals surface area contributed by atoms with Crippen molar-refractivity contribution in [1.29, 1.82) is 0 Å². The third kappa shape index (κ3) is 3.47. The van der Waals surface area contributed by atoms with E-state index >= 15 is 0 Å². The van der Waals surface area contributed by atoms with Crippen LogP contribution in [0.25, 0.3) is 22.3 Å². The largest absolute Gasteiger partial charge is 0.496 e. The summed E-state index contributed by atoms with van der Waals surface area (Å²) in [6.07, 6.45) is 0. The van der Waals surface area contributed by atoms with E-state index in [0.29, 0.717) is 12.0 Å². The monoisotopic (exact) mass is 355 g/mol. The third-order valence-electron chi connectivity index (χ3n) is 4.24. The van der Waals surface area contributed by atoms with E-state index in [1.807, 2.05) is 6.07 Å². The molecular weight excluding hydrogens is 330 g/mol. The molecule has 3 aromatic rings. The third-order valence-corrected chi connectivity index (χ3v) is 5.01. The van der Waals surface area contributed by atoms with Crippen LogP contribution < -0.4 is 10.1 Å². The average Bonchev–Trinajstić information content (AvgIpc) is 3.02. The maximum Gasteiger partial charge on any atom is 0.183 e. The maximum absolute atomic E-state index is 5.48. The second-order valence-electron chi connectivity index (χ2n) is 6.88. The molecule has 0 aliphatic heterocycles. The number of hydrogen-bond donors (Lipinski definition) is 1. The van der Waals surface area contributed by atoms with Crippen molar-refractivity contribution in [2.24, 2.45) is 0 Å². The van der Waals surface area contributed by atoms with Crippen molar-refractivity contribution >= 4 is 27.4 Å². The van der Waals surface area contributed by atoms with Crippen LogP contribution in [0.2, 0.25) is 0 Å². The quantitative estimate of drug-likeness (QED) is 0.645. The second kappa shape index (κ2) is 7.00. The number of ether oxygens (including phenoxy) is 1. The first-order valence-corrected chi connectivity index (χ1v) is 9.49. The lowest BCUT2D eigenvalue weighted by Crippen LogP contribution is -2.09. The molecule has 4 nitrogen and oxygen atoms in total. The first kappa shape index (κ1) is 17.7. The van der Waals surface area contributed by atoms with Gasteiger partial charge >= 0.3 is 0 Å². The summed E-state index contributed by atoms with van der Waals surface area (Å²) in [4.78, 5) is 9.64. The van der Waals surface area contributed by atoms with Gasteiger partial charge in [-0.3, -0.25) is 0 Å². The molecule has 0 amide bonds. The number of hydrogen-bond acceptors (Lipinski definition) is 5. The number of benzene rings is 1. The van der Waals surface area contributed by atoms with Gasteiger partial charge in [-0.05, 0) is 50.5 Å². The molecule has 5 heteroatoms. The van der Waals surface area contributed by atoms with Crippen molar-refractivity contribution in [3.63, 3.8) is 0 Å². The fraction of sp³-hybridized carbons (Fsp3) is 0.400. The smallest absolute Gasteiger partial charge is 0.183 e. The lowest BCUT2D eigenvalue weighted by Gasteiger charge is -2.15. The zero-order valence-electron chi connectivity index (χ0n) is 15.7. The minimum absolute atomic E-state index is 0.362. The van der Waals surface area contributed by atoms with E-state index in [1.165, 1.54) is 10.9 Å². The SMILES string of the molecule is COc1ccc2c(C(C)C)cc(-c3csc(NC(C)C)n3)nc2c1C. The summed E-state index contributed by atoms with van der Waals surface area (Å²) in [5, 5.41) is 7.55. The Morgan fingerprint density at radius 1 is 1.08 bits per heavy atom. The molecule has 0 aliphatic rings. The van der Waals surface area contributed by atoms with Gasteiger partial charge in [-0.25, -0.2) is 9.97 Å². The Bertz CT molecular complexity index is 899. The fourth-order valence-electron chi connectivity index (χ4n) is 2.97. The Labute approximate surface area is 153 Å². The number of rotatable bonds is 5. The van der Waals surface area contributed by atoms with Crippen molar-refractivity contribution in [2.45, 2.75) is 46.6 Å². The van der Waals surface area contributed by atoms with Gasteiger partial charge < -0.3 is 10.1 Å². The molecule has 0 fully saturated rings. The number of nitrogens with zero attached hydrogens (tertiary/aromatic N) is 2.